The summed E-state index contributed by atoms with van der Waals surface area (Å²) in [5.74, 6) is 0.860. The highest BCUT2D eigenvalue weighted by atomic mass is 35.5. The van der Waals surface area contributed by atoms with Crippen LogP contribution < -0.4 is 5.32 Å². The molecular weight excluding hydrogens is 737 g/mol. The highest BCUT2D eigenvalue weighted by molar-refractivity contribution is 6.39. The molecule has 2 N–H and O–H groups in total. The molecule has 2 aromatic heterocycles. The van der Waals surface area contributed by atoms with Crippen LogP contribution in [0.25, 0.3) is 11.1 Å². The maximum absolute atomic E-state index is 13.7. The molecule has 13 heteroatoms. The zero-order valence-electron chi connectivity index (χ0n) is 31.6. The Morgan fingerprint density at radius 3 is 2.07 bits per heavy atom. The van der Waals surface area contributed by atoms with Gasteiger partial charge in [-0.2, -0.15) is 0 Å². The average Bonchev–Trinajstić information content (AvgIpc) is 3.85. The Bertz CT molecular complexity index is 2130. The van der Waals surface area contributed by atoms with E-state index in [1.54, 1.807) is 6.07 Å². The van der Waals surface area contributed by atoms with Crippen molar-refractivity contribution >= 4 is 46.5 Å². The smallest absolute Gasteiger partial charge is 0.306 e. The van der Waals surface area contributed by atoms with Crippen LogP contribution in [0.1, 0.15) is 94.5 Å². The number of imidazole rings is 2. The molecule has 4 aliphatic rings. The van der Waals surface area contributed by atoms with Crippen molar-refractivity contribution in [1.29, 1.82) is 0 Å². The summed E-state index contributed by atoms with van der Waals surface area (Å²) < 4.78 is 3.84. The number of aromatic nitrogens is 4. The van der Waals surface area contributed by atoms with Gasteiger partial charge in [0.1, 0.15) is 0 Å². The number of carbonyl (C=O) groups excluding carboxylic acids is 2. The van der Waals surface area contributed by atoms with E-state index in [1.165, 1.54) is 12.8 Å². The number of ketones is 1. The number of anilines is 1. The highest BCUT2D eigenvalue weighted by Gasteiger charge is 2.31. The fraction of sp³-hybridized carbons (Fsp3) is 0.500. The molecule has 4 aromatic rings. The Labute approximate surface area is 332 Å². The van der Waals surface area contributed by atoms with Crippen LogP contribution in [0.2, 0.25) is 10.0 Å². The lowest BCUT2D eigenvalue weighted by Crippen LogP contribution is -2.33. The first kappa shape index (κ1) is 37.9. The number of halogens is 2. The number of nitrogens with zero attached hydrogens (tertiary/aromatic N) is 6. The SMILES string of the molecule is Cn1c(C(=O)Cc2cccc(-c3cccc(NC(=O)c4nc5c(n4C)CCN(CCC4CCC(C(=O)O)CC4)C5)c3Cl)c2Cl)nc2c1CCN(CC1CC1)C2. The number of hydrogen-bond donors (Lipinski definition) is 2. The largest absolute Gasteiger partial charge is 0.481 e. The molecule has 0 saturated heterocycles. The number of hydrogen-bond acceptors (Lipinski definition) is 7. The first-order chi connectivity index (χ1) is 26.5. The van der Waals surface area contributed by atoms with Gasteiger partial charge in [0.2, 0.25) is 5.78 Å². The zero-order chi connectivity index (χ0) is 38.4. The van der Waals surface area contributed by atoms with E-state index in [1.807, 2.05) is 53.6 Å². The molecule has 2 aliphatic carbocycles. The van der Waals surface area contributed by atoms with Gasteiger partial charge in [0.15, 0.2) is 11.6 Å². The second-order valence-electron chi connectivity index (χ2n) is 16.1. The fourth-order valence-electron chi connectivity index (χ4n) is 8.88. The molecule has 0 atom stereocenters. The van der Waals surface area contributed by atoms with Gasteiger partial charge in [-0.05, 0) is 75.0 Å². The van der Waals surface area contributed by atoms with Gasteiger partial charge in [0, 0.05) is 88.6 Å². The third kappa shape index (κ3) is 7.99. The normalized spacial score (nSPS) is 20.2. The molecular formula is C42H49Cl2N7O4. The molecule has 8 rings (SSSR count). The van der Waals surface area contributed by atoms with Crippen molar-refractivity contribution in [3.63, 3.8) is 0 Å². The van der Waals surface area contributed by atoms with E-state index in [4.69, 9.17) is 33.2 Å². The molecule has 11 nitrogen and oxygen atoms in total. The van der Waals surface area contributed by atoms with E-state index >= 15 is 0 Å². The van der Waals surface area contributed by atoms with Crippen LogP contribution in [0, 0.1) is 17.8 Å². The molecule has 2 saturated carbocycles. The second-order valence-corrected chi connectivity index (χ2v) is 16.8. The fourth-order valence-corrected chi connectivity index (χ4v) is 9.45. The van der Waals surface area contributed by atoms with E-state index in [9.17, 15) is 19.5 Å². The standard InChI is InChI=1S/C42H49Cl2N7O4/c1-48-34-17-20-51(22-26-9-10-26)24-33(34)45-39(48)36(52)21-28-5-3-6-29(37(28)43)30-7-4-8-31(38(30)44)47-41(53)40-46-32-23-50(19-16-35(32)49(40)2)18-15-25-11-13-27(14-12-25)42(54)55/h3-8,25-27H,9-24H2,1-2H3,(H,47,53)(H,54,55). The minimum atomic E-state index is -0.666. The second kappa shape index (κ2) is 15.8. The van der Waals surface area contributed by atoms with E-state index in [0.29, 0.717) is 56.5 Å². The lowest BCUT2D eigenvalue weighted by atomic mass is 9.80. The van der Waals surface area contributed by atoms with Gasteiger partial charge >= 0.3 is 5.97 Å². The topological polar surface area (TPSA) is 126 Å². The van der Waals surface area contributed by atoms with Crippen LogP contribution in [-0.2, 0) is 51.2 Å². The minimum absolute atomic E-state index is 0.0856. The van der Waals surface area contributed by atoms with E-state index in [0.717, 1.165) is 106 Å². The minimum Gasteiger partial charge on any atom is -0.481 e. The lowest BCUT2D eigenvalue weighted by molar-refractivity contribution is -0.143. The van der Waals surface area contributed by atoms with Crippen LogP contribution in [0.3, 0.4) is 0 Å². The van der Waals surface area contributed by atoms with Gasteiger partial charge in [0.25, 0.3) is 5.91 Å². The molecule has 4 heterocycles. The van der Waals surface area contributed by atoms with Gasteiger partial charge in [-0.25, -0.2) is 9.97 Å². The van der Waals surface area contributed by atoms with Crippen molar-refractivity contribution in [3.8, 4) is 11.1 Å². The number of carboxylic acid groups (broad SMARTS) is 1. The van der Waals surface area contributed by atoms with Crippen LogP contribution in [0.15, 0.2) is 36.4 Å². The molecule has 0 unspecified atom stereocenters. The molecule has 55 heavy (non-hydrogen) atoms. The zero-order valence-corrected chi connectivity index (χ0v) is 33.1. The Balaban J connectivity index is 0.923. The molecule has 1 amide bonds. The molecule has 2 fully saturated rings. The van der Waals surface area contributed by atoms with Crippen molar-refractivity contribution in [2.75, 3.05) is 31.5 Å². The summed E-state index contributed by atoms with van der Waals surface area (Å²) in [5.41, 5.74) is 6.55. The van der Waals surface area contributed by atoms with Gasteiger partial charge in [0.05, 0.1) is 33.0 Å². The van der Waals surface area contributed by atoms with E-state index in [2.05, 4.69) is 15.1 Å². The van der Waals surface area contributed by atoms with E-state index in [-0.39, 0.29) is 24.0 Å². The molecule has 290 valence electrons. The number of carboxylic acids is 1. The number of benzene rings is 2. The number of fused-ring (bicyclic) bond motifs is 2. The van der Waals surface area contributed by atoms with Crippen LogP contribution in [-0.4, -0.2) is 77.8 Å². The molecule has 2 aromatic carbocycles. The number of nitrogens with one attached hydrogen (secondary N) is 1. The summed E-state index contributed by atoms with van der Waals surface area (Å²) in [7, 11) is 3.81. The molecule has 0 radical (unpaired) electrons. The third-order valence-corrected chi connectivity index (χ3v) is 13.2. The Morgan fingerprint density at radius 2 is 1.38 bits per heavy atom. The van der Waals surface area contributed by atoms with Gasteiger partial charge in [-0.1, -0.05) is 53.5 Å². The first-order valence-electron chi connectivity index (χ1n) is 19.7. The maximum atomic E-state index is 13.7. The summed E-state index contributed by atoms with van der Waals surface area (Å²) in [6, 6.07) is 11.0. The van der Waals surface area contributed by atoms with Crippen molar-refractivity contribution in [2.45, 2.75) is 77.3 Å². The van der Waals surface area contributed by atoms with Crippen molar-refractivity contribution in [2.24, 2.45) is 31.8 Å². The Hall–Kier alpha value is -4.03. The number of rotatable bonds is 12. The van der Waals surface area contributed by atoms with Gasteiger partial charge in [-0.3, -0.25) is 24.2 Å². The summed E-state index contributed by atoms with van der Waals surface area (Å²) >= 11 is 14.0. The lowest BCUT2D eigenvalue weighted by Gasteiger charge is -2.30. The maximum Gasteiger partial charge on any atom is 0.306 e. The van der Waals surface area contributed by atoms with Crippen LogP contribution >= 0.6 is 23.2 Å². The summed E-state index contributed by atoms with van der Waals surface area (Å²) in [6.07, 6.45) is 8.94. The first-order valence-corrected chi connectivity index (χ1v) is 20.5. The third-order valence-electron chi connectivity index (χ3n) is 12.4. The van der Waals surface area contributed by atoms with Gasteiger partial charge in [-0.15, -0.1) is 0 Å². The van der Waals surface area contributed by atoms with E-state index < -0.39 is 5.97 Å². The predicted octanol–water partition coefficient (Wildman–Crippen LogP) is 7.21. The number of carbonyl (C=O) groups is 3. The molecule has 0 spiro atoms. The number of aliphatic carboxylic acids is 1. The van der Waals surface area contributed by atoms with Crippen molar-refractivity contribution in [3.05, 3.63) is 86.4 Å². The number of Topliss-reactive ketones (excluding diaryl/α,β-unsaturated/α-hetero) is 1. The Morgan fingerprint density at radius 1 is 0.782 bits per heavy atom. The van der Waals surface area contributed by atoms with Crippen LogP contribution in [0.4, 0.5) is 5.69 Å². The molecule has 0 bridgehead atoms. The van der Waals surface area contributed by atoms with Crippen molar-refractivity contribution < 1.29 is 19.5 Å². The summed E-state index contributed by atoms with van der Waals surface area (Å²) in [6.45, 7) is 5.40. The predicted molar refractivity (Wildman–Crippen MR) is 213 cm³/mol. The monoisotopic (exact) mass is 785 g/mol. The Kier molecular flexibility index (Phi) is 10.9. The number of amides is 1. The van der Waals surface area contributed by atoms with Crippen molar-refractivity contribution in [1.82, 2.24) is 28.9 Å². The summed E-state index contributed by atoms with van der Waals surface area (Å²) in [5, 5.41) is 13.1. The average molecular weight is 787 g/mol. The molecule has 2 aliphatic heterocycles. The highest BCUT2D eigenvalue weighted by Crippen LogP contribution is 2.39. The summed E-state index contributed by atoms with van der Waals surface area (Å²) in [4.78, 5) is 53.2. The quantitative estimate of drug-likeness (QED) is 0.145. The van der Waals surface area contributed by atoms with Crippen LogP contribution in [0.5, 0.6) is 0 Å². The van der Waals surface area contributed by atoms with Gasteiger partial charge < -0.3 is 19.6 Å².